The molecule has 3 heterocycles. The number of carbonyl (C=O) groups excluding carboxylic acids is 3. The summed E-state index contributed by atoms with van der Waals surface area (Å²) in [5, 5.41) is 7.91. The number of nitrogens with zero attached hydrogens (tertiary/aromatic N) is 4. The molecule has 9 heteroatoms. The van der Waals surface area contributed by atoms with Crippen molar-refractivity contribution in [2.75, 3.05) is 0 Å². The van der Waals surface area contributed by atoms with Crippen molar-refractivity contribution < 1.29 is 14.4 Å². The number of hydrogen-bond donors (Lipinski definition) is 2. The van der Waals surface area contributed by atoms with Gasteiger partial charge in [-0.05, 0) is 42.9 Å². The third-order valence-electron chi connectivity index (χ3n) is 7.07. The maximum absolute atomic E-state index is 13.3. The van der Waals surface area contributed by atoms with Gasteiger partial charge in [0.1, 0.15) is 12.6 Å². The van der Waals surface area contributed by atoms with Crippen molar-refractivity contribution in [2.24, 2.45) is 11.7 Å². The van der Waals surface area contributed by atoms with E-state index in [1.165, 1.54) is 10.2 Å². The Morgan fingerprint density at radius 2 is 1.88 bits per heavy atom. The van der Waals surface area contributed by atoms with Crippen LogP contribution in [0.4, 0.5) is 0 Å². The molecule has 0 bridgehead atoms. The minimum atomic E-state index is -0.669. The van der Waals surface area contributed by atoms with Crippen LogP contribution in [0, 0.1) is 5.92 Å². The Labute approximate surface area is 189 Å². The quantitative estimate of drug-likeness (QED) is 0.591. The second-order valence-electron chi connectivity index (χ2n) is 9.23. The van der Waals surface area contributed by atoms with Gasteiger partial charge in [-0.1, -0.05) is 30.3 Å². The van der Waals surface area contributed by atoms with E-state index in [1.807, 2.05) is 18.2 Å². The summed E-state index contributed by atoms with van der Waals surface area (Å²) in [6.45, 7) is -0.0934. The molecule has 1 unspecified atom stereocenters. The summed E-state index contributed by atoms with van der Waals surface area (Å²) in [7, 11) is 0. The van der Waals surface area contributed by atoms with Crippen molar-refractivity contribution in [3.05, 3.63) is 59.9 Å². The van der Waals surface area contributed by atoms with Gasteiger partial charge < -0.3 is 16.0 Å². The molecule has 1 saturated heterocycles. The topological polar surface area (TPSA) is 123 Å². The number of nitrogens with two attached hydrogens (primary N) is 1. The number of likely N-dealkylation sites (tertiary alicyclic amines) is 1. The molecule has 1 aliphatic heterocycles. The summed E-state index contributed by atoms with van der Waals surface area (Å²) in [5.74, 6) is -0.231. The van der Waals surface area contributed by atoms with E-state index < -0.39 is 11.9 Å². The molecule has 2 aromatic heterocycles. The Morgan fingerprint density at radius 1 is 1.06 bits per heavy atom. The lowest BCUT2D eigenvalue weighted by Crippen LogP contribution is -2.49. The van der Waals surface area contributed by atoms with Crippen LogP contribution < -0.4 is 11.1 Å². The highest BCUT2D eigenvalue weighted by Gasteiger charge is 2.56. The van der Waals surface area contributed by atoms with Crippen LogP contribution in [0.5, 0.6) is 0 Å². The van der Waals surface area contributed by atoms with Gasteiger partial charge in [0.15, 0.2) is 11.3 Å². The number of hydrogen-bond acceptors (Lipinski definition) is 5. The number of rotatable bonds is 6. The molecule has 0 spiro atoms. The van der Waals surface area contributed by atoms with Crippen LogP contribution in [-0.4, -0.2) is 55.5 Å². The molecule has 2 saturated carbocycles. The van der Waals surface area contributed by atoms with Crippen LogP contribution in [0.15, 0.2) is 48.7 Å². The minimum Gasteiger partial charge on any atom is -0.364 e. The number of aromatic nitrogens is 3. The van der Waals surface area contributed by atoms with Crippen LogP contribution in [0.25, 0.3) is 11.0 Å². The zero-order valence-electron chi connectivity index (χ0n) is 17.9. The fourth-order valence-corrected chi connectivity index (χ4v) is 5.26. The number of nitrogens with one attached hydrogen (secondary N) is 1. The maximum Gasteiger partial charge on any atom is 0.269 e. The lowest BCUT2D eigenvalue weighted by molar-refractivity contribution is -0.140. The van der Waals surface area contributed by atoms with Crippen LogP contribution in [-0.2, 0) is 16.1 Å². The van der Waals surface area contributed by atoms with E-state index in [4.69, 9.17) is 5.73 Å². The van der Waals surface area contributed by atoms with E-state index in [9.17, 15) is 14.4 Å². The molecule has 3 amide bonds. The number of fused-ring (bicyclic) bond motifs is 2. The van der Waals surface area contributed by atoms with E-state index in [0.29, 0.717) is 29.3 Å². The zero-order chi connectivity index (χ0) is 22.7. The molecular weight excluding hydrogens is 420 g/mol. The Morgan fingerprint density at radius 3 is 2.67 bits per heavy atom. The number of amides is 3. The molecule has 5 atom stereocenters. The first-order valence-corrected chi connectivity index (χ1v) is 11.3. The molecule has 3 fully saturated rings. The summed E-state index contributed by atoms with van der Waals surface area (Å²) in [4.78, 5) is 44.2. The second kappa shape index (κ2) is 7.40. The molecule has 33 heavy (non-hydrogen) atoms. The average molecular weight is 444 g/mol. The molecule has 168 valence electrons. The van der Waals surface area contributed by atoms with Gasteiger partial charge >= 0.3 is 0 Å². The van der Waals surface area contributed by atoms with Crippen LogP contribution in [0.2, 0.25) is 0 Å². The maximum atomic E-state index is 13.3. The number of piperidine rings is 1. The fourth-order valence-electron chi connectivity index (χ4n) is 5.26. The summed E-state index contributed by atoms with van der Waals surface area (Å²) < 4.78 is 1.41. The average Bonchev–Trinajstić information content (AvgIpc) is 3.70. The fraction of sp³-hybridized carbons (Fsp3) is 0.375. The van der Waals surface area contributed by atoms with Crippen LogP contribution in [0.3, 0.4) is 0 Å². The second-order valence-corrected chi connectivity index (χ2v) is 9.23. The molecule has 3 N–H and O–H groups in total. The van der Waals surface area contributed by atoms with Gasteiger partial charge in [0.05, 0.1) is 5.39 Å². The molecule has 1 aromatic carbocycles. The number of primary amides is 1. The first kappa shape index (κ1) is 19.9. The summed E-state index contributed by atoms with van der Waals surface area (Å²) in [5.41, 5.74) is 7.20. The van der Waals surface area contributed by atoms with Crippen LogP contribution in [0.1, 0.15) is 41.2 Å². The van der Waals surface area contributed by atoms with Gasteiger partial charge in [-0.3, -0.25) is 14.4 Å². The largest absolute Gasteiger partial charge is 0.364 e. The first-order chi connectivity index (χ1) is 16.0. The van der Waals surface area contributed by atoms with Gasteiger partial charge in [-0.15, -0.1) is 0 Å². The van der Waals surface area contributed by atoms with Crippen molar-refractivity contribution in [1.29, 1.82) is 0 Å². The third kappa shape index (κ3) is 3.44. The van der Waals surface area contributed by atoms with Crippen molar-refractivity contribution >= 4 is 28.8 Å². The van der Waals surface area contributed by atoms with Crippen LogP contribution >= 0.6 is 0 Å². The predicted molar refractivity (Wildman–Crippen MR) is 119 cm³/mol. The van der Waals surface area contributed by atoms with Crippen molar-refractivity contribution in [3.63, 3.8) is 0 Å². The van der Waals surface area contributed by atoms with Gasteiger partial charge in [0.25, 0.3) is 5.91 Å². The van der Waals surface area contributed by atoms with E-state index in [1.54, 1.807) is 23.2 Å². The lowest BCUT2D eigenvalue weighted by Gasteiger charge is -2.27. The van der Waals surface area contributed by atoms with Gasteiger partial charge in [-0.2, -0.15) is 5.10 Å². The monoisotopic (exact) mass is 444 g/mol. The molecule has 3 aliphatic rings. The number of benzene rings is 1. The first-order valence-electron chi connectivity index (χ1n) is 11.3. The van der Waals surface area contributed by atoms with Gasteiger partial charge in [0, 0.05) is 24.2 Å². The van der Waals surface area contributed by atoms with E-state index in [2.05, 4.69) is 27.5 Å². The predicted octanol–water partition coefficient (Wildman–Crippen LogP) is 1.19. The minimum absolute atomic E-state index is 0.0831. The Balaban J connectivity index is 1.18. The van der Waals surface area contributed by atoms with Gasteiger partial charge in [-0.25, -0.2) is 9.67 Å². The highest BCUT2D eigenvalue weighted by molar-refractivity contribution is 6.03. The molecule has 3 aromatic rings. The number of carbonyl (C=O) groups is 3. The summed E-state index contributed by atoms with van der Waals surface area (Å²) in [6, 6.07) is 13.3. The van der Waals surface area contributed by atoms with Gasteiger partial charge in [0.2, 0.25) is 11.8 Å². The Bertz CT molecular complexity index is 1270. The van der Waals surface area contributed by atoms with E-state index in [0.717, 1.165) is 12.8 Å². The summed E-state index contributed by atoms with van der Waals surface area (Å²) in [6.07, 6.45) is 4.12. The number of pyridine rings is 1. The molecule has 9 nitrogen and oxygen atoms in total. The highest BCUT2D eigenvalue weighted by atomic mass is 16.2. The molecule has 2 aliphatic carbocycles. The standard InChI is InChI=1S/C24H24N6O3/c25-22(32)21-15-7-4-8-26-23(15)29(28-21)12-20(31)30-18-9-14(18)10-19(30)24(33)27-17-11-16(17)13-5-2-1-3-6-13/h1-8,14,16-19H,9-12H2,(H2,25,32)(H,27,33)/t14?,16-,17+,18+,19-/m0/s1. The molecular formula is C24H24N6O3. The van der Waals surface area contributed by atoms with Crippen molar-refractivity contribution in [1.82, 2.24) is 25.0 Å². The highest BCUT2D eigenvalue weighted by Crippen LogP contribution is 2.48. The third-order valence-corrected chi connectivity index (χ3v) is 7.07. The Hall–Kier alpha value is -3.75. The zero-order valence-corrected chi connectivity index (χ0v) is 17.9. The Kier molecular flexibility index (Phi) is 4.46. The lowest BCUT2D eigenvalue weighted by atomic mass is 10.1. The van der Waals surface area contributed by atoms with Crippen molar-refractivity contribution in [3.8, 4) is 0 Å². The smallest absolute Gasteiger partial charge is 0.269 e. The summed E-state index contributed by atoms with van der Waals surface area (Å²) >= 11 is 0. The normalized spacial score (nSPS) is 27.3. The van der Waals surface area contributed by atoms with Crippen molar-refractivity contribution in [2.45, 2.75) is 49.9 Å². The van der Waals surface area contributed by atoms with E-state index >= 15 is 0 Å². The SMILES string of the molecule is NC(=O)c1nn(CC(=O)N2[C@@H]3CC3C[C@H]2C(=O)N[C@@H]2C[C@H]2c2ccccc2)c2ncccc12. The molecule has 0 radical (unpaired) electrons. The molecule has 6 rings (SSSR count). The van der Waals surface area contributed by atoms with E-state index in [-0.39, 0.29) is 36.1 Å².